The third kappa shape index (κ3) is 4.80. The molecule has 1 aromatic carbocycles. The number of thiophene rings is 1. The van der Waals surface area contributed by atoms with Crippen molar-refractivity contribution in [2.75, 3.05) is 11.9 Å². The fraction of sp³-hybridized carbons (Fsp3) is 0.333. The van der Waals surface area contributed by atoms with Gasteiger partial charge in [0.15, 0.2) is 0 Å². The van der Waals surface area contributed by atoms with Crippen molar-refractivity contribution in [2.45, 2.75) is 39.7 Å². The van der Waals surface area contributed by atoms with Gasteiger partial charge in [-0.15, -0.1) is 11.3 Å². The van der Waals surface area contributed by atoms with Crippen LogP contribution in [0.4, 0.5) is 5.69 Å². The van der Waals surface area contributed by atoms with Crippen LogP contribution in [0.15, 0.2) is 41.5 Å². The number of fused-ring (bicyclic) bond motifs is 3. The van der Waals surface area contributed by atoms with Crippen LogP contribution in [0.5, 0.6) is 0 Å². The first-order chi connectivity index (χ1) is 15.4. The predicted molar refractivity (Wildman–Crippen MR) is 126 cm³/mol. The molecule has 2 aromatic heterocycles. The highest BCUT2D eigenvalue weighted by Gasteiger charge is 2.23. The molecule has 8 heteroatoms. The molecule has 3 aromatic rings. The minimum Gasteiger partial charge on any atom is -0.463 e. The SMILES string of the molecule is CCOC(=O)/C=C/c1ccc(NC(=O)Cn2cnc3sc4c(c3c2=O)CCC(C)C4)cc1. The van der Waals surface area contributed by atoms with E-state index < -0.39 is 5.97 Å². The Morgan fingerprint density at radius 2 is 2.09 bits per heavy atom. The number of anilines is 1. The number of ether oxygens (including phenoxy) is 1. The van der Waals surface area contributed by atoms with E-state index in [-0.39, 0.29) is 18.0 Å². The fourth-order valence-corrected chi connectivity index (χ4v) is 5.21. The van der Waals surface area contributed by atoms with Crippen LogP contribution < -0.4 is 10.9 Å². The first kappa shape index (κ1) is 22.0. The number of hydrogen-bond acceptors (Lipinski definition) is 6. The van der Waals surface area contributed by atoms with Crippen LogP contribution >= 0.6 is 11.3 Å². The molecule has 1 unspecified atom stereocenters. The lowest BCUT2D eigenvalue weighted by molar-refractivity contribution is -0.137. The number of aryl methyl sites for hydroxylation is 1. The number of hydrogen-bond donors (Lipinski definition) is 1. The highest BCUT2D eigenvalue weighted by molar-refractivity contribution is 7.18. The van der Waals surface area contributed by atoms with Crippen molar-refractivity contribution in [3.05, 3.63) is 63.0 Å². The number of nitrogens with zero attached hydrogens (tertiary/aromatic N) is 2. The molecule has 1 atom stereocenters. The van der Waals surface area contributed by atoms with Crippen molar-refractivity contribution in [2.24, 2.45) is 5.92 Å². The average molecular weight is 452 g/mol. The van der Waals surface area contributed by atoms with Crippen LogP contribution in [0.2, 0.25) is 0 Å². The summed E-state index contributed by atoms with van der Waals surface area (Å²) in [6, 6.07) is 7.04. The van der Waals surface area contributed by atoms with E-state index in [4.69, 9.17) is 4.74 Å². The van der Waals surface area contributed by atoms with Gasteiger partial charge in [-0.2, -0.15) is 0 Å². The molecule has 4 rings (SSSR count). The first-order valence-corrected chi connectivity index (χ1v) is 11.5. The zero-order valence-corrected chi connectivity index (χ0v) is 18.9. The van der Waals surface area contributed by atoms with Gasteiger partial charge in [0.25, 0.3) is 5.56 Å². The Kier molecular flexibility index (Phi) is 6.50. The van der Waals surface area contributed by atoms with Crippen LogP contribution in [-0.4, -0.2) is 28.0 Å². The number of rotatable bonds is 6. The Balaban J connectivity index is 1.45. The van der Waals surface area contributed by atoms with Gasteiger partial charge in [-0.3, -0.25) is 14.2 Å². The molecule has 2 heterocycles. The van der Waals surface area contributed by atoms with Gasteiger partial charge in [0.1, 0.15) is 11.4 Å². The van der Waals surface area contributed by atoms with Crippen LogP contribution in [0.1, 0.15) is 36.3 Å². The normalized spacial score (nSPS) is 15.6. The third-order valence-corrected chi connectivity index (χ3v) is 6.65. The van der Waals surface area contributed by atoms with Crippen LogP contribution in [0.3, 0.4) is 0 Å². The molecule has 166 valence electrons. The smallest absolute Gasteiger partial charge is 0.330 e. The largest absolute Gasteiger partial charge is 0.463 e. The molecular weight excluding hydrogens is 426 g/mol. The maximum atomic E-state index is 13.1. The minimum absolute atomic E-state index is 0.104. The Hall–Kier alpha value is -3.26. The third-order valence-electron chi connectivity index (χ3n) is 5.49. The van der Waals surface area contributed by atoms with Gasteiger partial charge >= 0.3 is 5.97 Å². The molecule has 0 bridgehead atoms. The number of esters is 1. The van der Waals surface area contributed by atoms with Crippen LogP contribution in [0.25, 0.3) is 16.3 Å². The molecule has 1 N–H and O–H groups in total. The molecule has 7 nitrogen and oxygen atoms in total. The Labute approximate surface area is 189 Å². The molecule has 1 aliphatic carbocycles. The second-order valence-corrected chi connectivity index (χ2v) is 9.05. The molecule has 0 saturated carbocycles. The number of benzene rings is 1. The second kappa shape index (κ2) is 9.48. The Bertz CT molecular complexity index is 1240. The van der Waals surface area contributed by atoms with E-state index in [1.165, 1.54) is 21.8 Å². The van der Waals surface area contributed by atoms with Crippen molar-refractivity contribution in [3.63, 3.8) is 0 Å². The van der Waals surface area contributed by atoms with Crippen LogP contribution in [-0.2, 0) is 33.7 Å². The van der Waals surface area contributed by atoms with Gasteiger partial charge in [-0.05, 0) is 61.4 Å². The minimum atomic E-state index is -0.401. The molecule has 0 aliphatic heterocycles. The maximum Gasteiger partial charge on any atom is 0.330 e. The molecule has 0 spiro atoms. The lowest BCUT2D eigenvalue weighted by Gasteiger charge is -2.17. The van der Waals surface area contributed by atoms with Gasteiger partial charge in [-0.1, -0.05) is 19.1 Å². The molecule has 1 amide bonds. The first-order valence-electron chi connectivity index (χ1n) is 10.7. The van der Waals surface area contributed by atoms with Crippen molar-refractivity contribution in [3.8, 4) is 0 Å². The van der Waals surface area contributed by atoms with Gasteiger partial charge in [0.05, 0.1) is 18.3 Å². The summed E-state index contributed by atoms with van der Waals surface area (Å²) in [5.41, 5.74) is 2.37. The lowest BCUT2D eigenvalue weighted by Crippen LogP contribution is -2.28. The Morgan fingerprint density at radius 3 is 2.84 bits per heavy atom. The molecule has 0 radical (unpaired) electrons. The van der Waals surface area contributed by atoms with Crippen LogP contribution in [0, 0.1) is 5.92 Å². The highest BCUT2D eigenvalue weighted by atomic mass is 32.1. The summed E-state index contributed by atoms with van der Waals surface area (Å²) in [6.07, 6.45) is 7.40. The highest BCUT2D eigenvalue weighted by Crippen LogP contribution is 2.35. The van der Waals surface area contributed by atoms with Crippen molar-refractivity contribution in [1.82, 2.24) is 9.55 Å². The standard InChI is InChI=1S/C24H25N3O4S/c1-3-31-21(29)11-7-16-5-8-17(9-6-16)26-20(28)13-27-14-25-23-22(24(27)30)18-10-4-15(2)12-19(18)32-23/h5-9,11,14-15H,3-4,10,12-13H2,1-2H3,(H,26,28)/b11-7+. The summed E-state index contributed by atoms with van der Waals surface area (Å²) in [4.78, 5) is 43.4. The molecule has 32 heavy (non-hydrogen) atoms. The van der Waals surface area contributed by atoms with Crippen molar-refractivity contribution in [1.29, 1.82) is 0 Å². The predicted octanol–water partition coefficient (Wildman–Crippen LogP) is 3.80. The summed E-state index contributed by atoms with van der Waals surface area (Å²) in [7, 11) is 0. The molecule has 0 saturated heterocycles. The van der Waals surface area contributed by atoms with Gasteiger partial charge in [0.2, 0.25) is 5.91 Å². The topological polar surface area (TPSA) is 90.3 Å². The molecular formula is C24H25N3O4S. The monoisotopic (exact) mass is 451 g/mol. The van der Waals surface area contributed by atoms with E-state index >= 15 is 0 Å². The van der Waals surface area contributed by atoms with Crippen molar-refractivity contribution < 1.29 is 14.3 Å². The zero-order valence-electron chi connectivity index (χ0n) is 18.1. The molecule has 0 fully saturated rings. The van der Waals surface area contributed by atoms with Gasteiger partial charge in [0, 0.05) is 16.6 Å². The fourth-order valence-electron chi connectivity index (χ4n) is 3.87. The van der Waals surface area contributed by atoms with Gasteiger partial charge in [-0.25, -0.2) is 9.78 Å². The number of aromatic nitrogens is 2. The van der Waals surface area contributed by atoms with E-state index in [1.54, 1.807) is 48.6 Å². The molecule has 1 aliphatic rings. The van der Waals surface area contributed by atoms with Gasteiger partial charge < -0.3 is 10.1 Å². The van der Waals surface area contributed by atoms with E-state index in [0.29, 0.717) is 23.6 Å². The van der Waals surface area contributed by atoms with E-state index in [9.17, 15) is 14.4 Å². The summed E-state index contributed by atoms with van der Waals surface area (Å²) in [6.45, 7) is 4.20. The summed E-state index contributed by atoms with van der Waals surface area (Å²) < 4.78 is 6.22. The zero-order chi connectivity index (χ0) is 22.7. The number of carbonyl (C=O) groups is 2. The summed E-state index contributed by atoms with van der Waals surface area (Å²) in [5.74, 6) is -0.0845. The maximum absolute atomic E-state index is 13.1. The second-order valence-electron chi connectivity index (χ2n) is 7.97. The van der Waals surface area contributed by atoms with E-state index in [2.05, 4.69) is 17.2 Å². The average Bonchev–Trinajstić information content (AvgIpc) is 3.13. The number of carbonyl (C=O) groups excluding carboxylic acids is 2. The van der Waals surface area contributed by atoms with E-state index in [1.807, 2.05) is 0 Å². The quantitative estimate of drug-likeness (QED) is 0.455. The number of amides is 1. The van der Waals surface area contributed by atoms with Crippen molar-refractivity contribution >= 4 is 45.2 Å². The summed E-state index contributed by atoms with van der Waals surface area (Å²) in [5, 5.41) is 3.47. The number of nitrogens with one attached hydrogen (secondary N) is 1. The Morgan fingerprint density at radius 1 is 1.31 bits per heavy atom. The van der Waals surface area contributed by atoms with E-state index in [0.717, 1.165) is 35.2 Å². The lowest BCUT2D eigenvalue weighted by atomic mass is 9.89. The summed E-state index contributed by atoms with van der Waals surface area (Å²) >= 11 is 1.60.